The van der Waals surface area contributed by atoms with Gasteiger partial charge in [0, 0.05) is 82.1 Å². The van der Waals surface area contributed by atoms with E-state index >= 15 is 0 Å². The third kappa shape index (κ3) is 11.7. The van der Waals surface area contributed by atoms with E-state index in [1.54, 1.807) is 11.3 Å². The monoisotopic (exact) mass is 733 g/mol. The lowest BCUT2D eigenvalue weighted by molar-refractivity contribution is -0.122. The number of rotatable bonds is 12. The molecule has 6 rings (SSSR count). The first-order valence-electron chi connectivity index (χ1n) is 18.7. The van der Waals surface area contributed by atoms with Crippen LogP contribution in [0.15, 0.2) is 102 Å². The van der Waals surface area contributed by atoms with Crippen molar-refractivity contribution in [3.63, 3.8) is 0 Å². The molecule has 278 valence electrons. The van der Waals surface area contributed by atoms with E-state index in [1.165, 1.54) is 11.1 Å². The fraction of sp³-hybridized carbons (Fsp3) is 0.381. The molecule has 11 heteroatoms. The summed E-state index contributed by atoms with van der Waals surface area (Å²) in [5.41, 5.74) is 3.32. The maximum absolute atomic E-state index is 13.2. The van der Waals surface area contributed by atoms with Gasteiger partial charge < -0.3 is 15.5 Å². The third-order valence-electron chi connectivity index (χ3n) is 9.84. The molecule has 1 aliphatic heterocycles. The van der Waals surface area contributed by atoms with Gasteiger partial charge >= 0.3 is 0 Å². The number of fused-ring (bicyclic) bond motifs is 2. The summed E-state index contributed by atoms with van der Waals surface area (Å²) in [7, 11) is 2.11. The Labute approximate surface area is 316 Å². The molecule has 2 aromatic heterocycles. The summed E-state index contributed by atoms with van der Waals surface area (Å²) >= 11 is 1.55. The fourth-order valence-electron chi connectivity index (χ4n) is 6.65. The van der Waals surface area contributed by atoms with Crippen molar-refractivity contribution in [1.82, 2.24) is 35.2 Å². The van der Waals surface area contributed by atoms with Crippen LogP contribution in [0.2, 0.25) is 0 Å². The Morgan fingerprint density at radius 3 is 1.72 bits per heavy atom. The Hall–Kier alpha value is -4.52. The number of carbonyl (C=O) groups excluding carboxylic acids is 2. The second-order valence-electron chi connectivity index (χ2n) is 13.9. The van der Waals surface area contributed by atoms with Crippen molar-refractivity contribution in [1.29, 1.82) is 0 Å². The molecule has 1 fully saturated rings. The molecule has 10 nitrogen and oxygen atoms in total. The van der Waals surface area contributed by atoms with Crippen LogP contribution in [0.4, 0.5) is 0 Å². The van der Waals surface area contributed by atoms with Crippen LogP contribution in [0, 0.1) is 0 Å². The summed E-state index contributed by atoms with van der Waals surface area (Å²) < 4.78 is 0.932. The third-order valence-corrected chi connectivity index (χ3v) is 10.9. The number of nitrogens with zero attached hydrogens (tertiary/aromatic N) is 5. The van der Waals surface area contributed by atoms with E-state index in [0.29, 0.717) is 51.2 Å². The van der Waals surface area contributed by atoms with Gasteiger partial charge in [0.15, 0.2) is 5.43 Å². The van der Waals surface area contributed by atoms with Crippen LogP contribution in [-0.2, 0) is 29.0 Å². The molecule has 53 heavy (non-hydrogen) atoms. The largest absolute Gasteiger partial charge is 0.355 e. The van der Waals surface area contributed by atoms with E-state index in [9.17, 15) is 14.4 Å². The van der Waals surface area contributed by atoms with Gasteiger partial charge in [-0.2, -0.15) is 0 Å². The van der Waals surface area contributed by atoms with Gasteiger partial charge in [0.25, 0.3) is 0 Å². The first-order chi connectivity index (χ1) is 25.9. The molecule has 1 saturated heterocycles. The molecule has 0 unspecified atom stereocenters. The Kier molecular flexibility index (Phi) is 14.1. The van der Waals surface area contributed by atoms with Crippen molar-refractivity contribution < 1.29 is 9.59 Å². The number of carbonyl (C=O) groups is 2. The lowest BCUT2D eigenvalue weighted by Gasteiger charge is -2.33. The number of hydrogen-bond donors (Lipinski definition) is 2. The highest BCUT2D eigenvalue weighted by Gasteiger charge is 2.19. The summed E-state index contributed by atoms with van der Waals surface area (Å²) in [6.45, 7) is 8.49. The van der Waals surface area contributed by atoms with Crippen LogP contribution >= 0.6 is 11.3 Å². The minimum absolute atomic E-state index is 0.0139. The van der Waals surface area contributed by atoms with Gasteiger partial charge in [-0.3, -0.25) is 29.1 Å². The molecular weight excluding hydrogens is 683 g/mol. The SMILES string of the molecule is CN1CCN(CC(=O)NCCc2ccccc2)CCN(Cc2ccc3c(=O)c4ccccc4sc3n2)CCN(CC(=O)NCCc2ccccc2)CC1. The minimum Gasteiger partial charge on any atom is -0.355 e. The highest BCUT2D eigenvalue weighted by atomic mass is 32.1. The second kappa shape index (κ2) is 19.5. The van der Waals surface area contributed by atoms with Crippen LogP contribution in [0.5, 0.6) is 0 Å². The van der Waals surface area contributed by atoms with Crippen LogP contribution in [-0.4, -0.2) is 122 Å². The number of amides is 2. The maximum Gasteiger partial charge on any atom is 0.234 e. The highest BCUT2D eigenvalue weighted by molar-refractivity contribution is 7.24. The highest BCUT2D eigenvalue weighted by Crippen LogP contribution is 2.23. The number of pyridine rings is 1. The molecule has 0 atom stereocenters. The summed E-state index contributed by atoms with van der Waals surface area (Å²) in [4.78, 5) is 54.3. The van der Waals surface area contributed by atoms with E-state index in [-0.39, 0.29) is 17.2 Å². The molecule has 2 amide bonds. The molecule has 0 saturated carbocycles. The van der Waals surface area contributed by atoms with Gasteiger partial charge in [0.05, 0.1) is 24.2 Å². The lowest BCUT2D eigenvalue weighted by Crippen LogP contribution is -2.48. The van der Waals surface area contributed by atoms with Crippen molar-refractivity contribution in [2.75, 3.05) is 85.6 Å². The van der Waals surface area contributed by atoms with Gasteiger partial charge in [0.2, 0.25) is 11.8 Å². The van der Waals surface area contributed by atoms with E-state index < -0.39 is 0 Å². The zero-order valence-corrected chi connectivity index (χ0v) is 31.5. The standard InChI is InChI=1S/C42H51N7O3S/c1-46-22-24-48(31-39(50)43-20-18-33-10-4-2-5-11-33)28-26-47(27-29-49(25-23-46)32-40(51)44-21-19-34-12-6-3-7-13-34)30-35-16-17-37-41(52)36-14-8-9-15-38(36)53-42(37)45-35/h2-17H,18-32H2,1H3,(H,43,50)(H,44,51). The van der Waals surface area contributed by atoms with Gasteiger partial charge in [-0.1, -0.05) is 72.8 Å². The van der Waals surface area contributed by atoms with Crippen molar-refractivity contribution in [2.45, 2.75) is 19.4 Å². The number of nitrogens with one attached hydrogen (secondary N) is 2. The van der Waals surface area contributed by atoms with E-state index in [2.05, 4.69) is 61.5 Å². The summed E-state index contributed by atoms with van der Waals surface area (Å²) in [5, 5.41) is 7.61. The molecule has 2 N–H and O–H groups in total. The smallest absolute Gasteiger partial charge is 0.234 e. The quantitative estimate of drug-likeness (QED) is 0.187. The van der Waals surface area contributed by atoms with E-state index in [4.69, 9.17) is 4.98 Å². The summed E-state index contributed by atoms with van der Waals surface area (Å²) in [6, 6.07) is 32.0. The number of benzene rings is 3. The first-order valence-corrected chi connectivity index (χ1v) is 19.5. The van der Waals surface area contributed by atoms with Gasteiger partial charge in [-0.25, -0.2) is 4.98 Å². The molecule has 0 radical (unpaired) electrons. The maximum atomic E-state index is 13.2. The molecule has 0 bridgehead atoms. The van der Waals surface area contributed by atoms with Crippen molar-refractivity contribution >= 4 is 43.5 Å². The normalized spacial score (nSPS) is 15.9. The van der Waals surface area contributed by atoms with E-state index in [0.717, 1.165) is 72.7 Å². The van der Waals surface area contributed by atoms with Crippen LogP contribution < -0.4 is 16.1 Å². The number of likely N-dealkylation sites (N-methyl/N-ethyl adjacent to an activating group) is 1. The topological polar surface area (TPSA) is 101 Å². The molecule has 0 aliphatic carbocycles. The Balaban J connectivity index is 1.13. The molecular formula is C42H51N7O3S. The summed E-state index contributed by atoms with van der Waals surface area (Å²) in [5.74, 6) is 0.0648. The molecule has 3 aromatic carbocycles. The van der Waals surface area contributed by atoms with Gasteiger partial charge in [-0.05, 0) is 55.3 Å². The van der Waals surface area contributed by atoms with Crippen LogP contribution in [0.3, 0.4) is 0 Å². The minimum atomic E-state index is 0.0139. The van der Waals surface area contributed by atoms with Crippen molar-refractivity contribution in [3.8, 4) is 0 Å². The predicted octanol–water partition coefficient (Wildman–Crippen LogP) is 3.88. The number of hydrogen-bond acceptors (Lipinski definition) is 9. The van der Waals surface area contributed by atoms with Gasteiger partial charge in [0.1, 0.15) is 4.83 Å². The predicted molar refractivity (Wildman–Crippen MR) is 215 cm³/mol. The average molecular weight is 734 g/mol. The first kappa shape index (κ1) is 38.2. The zero-order chi connectivity index (χ0) is 36.8. The van der Waals surface area contributed by atoms with Gasteiger partial charge in [-0.15, -0.1) is 11.3 Å². The molecule has 1 aliphatic rings. The summed E-state index contributed by atoms with van der Waals surface area (Å²) in [6.07, 6.45) is 1.60. The van der Waals surface area contributed by atoms with Crippen LogP contribution in [0.1, 0.15) is 16.8 Å². The molecule has 5 aromatic rings. The zero-order valence-electron chi connectivity index (χ0n) is 30.7. The lowest BCUT2D eigenvalue weighted by atomic mass is 10.1. The Bertz CT molecular complexity index is 1920. The van der Waals surface area contributed by atoms with E-state index in [1.807, 2.05) is 72.8 Å². The average Bonchev–Trinajstić information content (AvgIpc) is 3.17. The number of aromatic nitrogens is 1. The van der Waals surface area contributed by atoms with Crippen molar-refractivity contribution in [3.05, 3.63) is 124 Å². The molecule has 3 heterocycles. The Morgan fingerprint density at radius 2 is 1.13 bits per heavy atom. The fourth-order valence-corrected chi connectivity index (χ4v) is 7.71. The van der Waals surface area contributed by atoms with Crippen molar-refractivity contribution in [2.24, 2.45) is 0 Å². The Morgan fingerprint density at radius 1 is 0.623 bits per heavy atom. The second-order valence-corrected chi connectivity index (χ2v) is 14.9. The van der Waals surface area contributed by atoms with Crippen LogP contribution in [0.25, 0.3) is 20.3 Å². The molecule has 0 spiro atoms.